The van der Waals surface area contributed by atoms with Crippen molar-refractivity contribution in [1.82, 2.24) is 0 Å². The van der Waals surface area contributed by atoms with Gasteiger partial charge in [0.1, 0.15) is 11.5 Å². The van der Waals surface area contributed by atoms with Gasteiger partial charge in [0.2, 0.25) is 0 Å². The standard InChI is InChI=1S/C13H11Cl2NO/c14-10-4-2-5-11(7-10)17-13-9(8-16)3-1-6-12(13)15/h1-7H,8,16H2. The summed E-state index contributed by atoms with van der Waals surface area (Å²) in [4.78, 5) is 0. The summed E-state index contributed by atoms with van der Waals surface area (Å²) in [5.74, 6) is 1.22. The van der Waals surface area contributed by atoms with Crippen LogP contribution >= 0.6 is 23.2 Å². The number of halogens is 2. The van der Waals surface area contributed by atoms with Crippen molar-refractivity contribution >= 4 is 23.2 Å². The van der Waals surface area contributed by atoms with Gasteiger partial charge in [-0.3, -0.25) is 0 Å². The van der Waals surface area contributed by atoms with Crippen LogP contribution in [0.3, 0.4) is 0 Å². The zero-order valence-corrected chi connectivity index (χ0v) is 10.5. The van der Waals surface area contributed by atoms with E-state index in [1.54, 1.807) is 18.2 Å². The Labute approximate surface area is 110 Å². The molecule has 17 heavy (non-hydrogen) atoms. The third-order valence-corrected chi connectivity index (χ3v) is 2.82. The molecular formula is C13H11Cl2NO. The summed E-state index contributed by atoms with van der Waals surface area (Å²) in [7, 11) is 0. The Morgan fingerprint density at radius 2 is 1.82 bits per heavy atom. The molecule has 0 aliphatic rings. The second-order valence-corrected chi connectivity index (χ2v) is 4.34. The highest BCUT2D eigenvalue weighted by Crippen LogP contribution is 2.33. The Bertz CT molecular complexity index is 529. The summed E-state index contributed by atoms with van der Waals surface area (Å²) in [5.41, 5.74) is 6.50. The molecule has 0 spiro atoms. The van der Waals surface area contributed by atoms with E-state index in [0.717, 1.165) is 5.56 Å². The maximum absolute atomic E-state index is 6.08. The van der Waals surface area contributed by atoms with Crippen LogP contribution in [0, 0.1) is 0 Å². The number of hydrogen-bond acceptors (Lipinski definition) is 2. The third kappa shape index (κ3) is 2.91. The zero-order chi connectivity index (χ0) is 12.3. The van der Waals surface area contributed by atoms with Crippen LogP contribution in [0.15, 0.2) is 42.5 Å². The molecule has 4 heteroatoms. The van der Waals surface area contributed by atoms with E-state index >= 15 is 0 Å². The molecule has 0 saturated carbocycles. The zero-order valence-electron chi connectivity index (χ0n) is 8.99. The number of ether oxygens (including phenoxy) is 1. The van der Waals surface area contributed by atoms with E-state index in [-0.39, 0.29) is 0 Å². The molecule has 0 amide bonds. The first-order valence-electron chi connectivity index (χ1n) is 5.11. The van der Waals surface area contributed by atoms with Gasteiger partial charge in [-0.05, 0) is 24.3 Å². The molecule has 88 valence electrons. The lowest BCUT2D eigenvalue weighted by atomic mass is 10.2. The smallest absolute Gasteiger partial charge is 0.150 e. The predicted molar refractivity (Wildman–Crippen MR) is 70.9 cm³/mol. The summed E-state index contributed by atoms with van der Waals surface area (Å²) in [6, 6.07) is 12.6. The van der Waals surface area contributed by atoms with Gasteiger partial charge in [-0.2, -0.15) is 0 Å². The van der Waals surface area contributed by atoms with Gasteiger partial charge >= 0.3 is 0 Å². The Kier molecular flexibility index (Phi) is 3.89. The molecule has 0 unspecified atom stereocenters. The number of benzene rings is 2. The van der Waals surface area contributed by atoms with Gasteiger partial charge in [-0.25, -0.2) is 0 Å². The van der Waals surface area contributed by atoms with Gasteiger partial charge in [0.15, 0.2) is 0 Å². The fourth-order valence-corrected chi connectivity index (χ4v) is 1.89. The Morgan fingerprint density at radius 3 is 2.53 bits per heavy atom. The van der Waals surface area contributed by atoms with Gasteiger partial charge in [0.25, 0.3) is 0 Å². The first-order chi connectivity index (χ1) is 8.20. The second-order valence-electron chi connectivity index (χ2n) is 3.49. The summed E-state index contributed by atoms with van der Waals surface area (Å²) >= 11 is 12.0. The minimum absolute atomic E-state index is 0.371. The highest BCUT2D eigenvalue weighted by molar-refractivity contribution is 6.32. The molecule has 2 aromatic carbocycles. The van der Waals surface area contributed by atoms with Crippen LogP contribution in [-0.4, -0.2) is 0 Å². The molecule has 0 aromatic heterocycles. The molecule has 0 aliphatic heterocycles. The van der Waals surface area contributed by atoms with Gasteiger partial charge in [-0.15, -0.1) is 0 Å². The summed E-state index contributed by atoms with van der Waals surface area (Å²) in [6.45, 7) is 0.371. The predicted octanol–water partition coefficient (Wildman–Crippen LogP) is 4.24. The van der Waals surface area contributed by atoms with Crippen LogP contribution < -0.4 is 10.5 Å². The average molecular weight is 268 g/mol. The van der Waals surface area contributed by atoms with E-state index in [0.29, 0.717) is 28.1 Å². The fourth-order valence-electron chi connectivity index (χ4n) is 1.48. The first-order valence-corrected chi connectivity index (χ1v) is 5.87. The third-order valence-electron chi connectivity index (χ3n) is 2.28. The van der Waals surface area contributed by atoms with Gasteiger partial charge in [0, 0.05) is 17.1 Å². The monoisotopic (exact) mass is 267 g/mol. The number of hydrogen-bond donors (Lipinski definition) is 1. The van der Waals surface area contributed by atoms with E-state index < -0.39 is 0 Å². The van der Waals surface area contributed by atoms with E-state index in [1.807, 2.05) is 24.3 Å². The van der Waals surface area contributed by atoms with Crippen molar-refractivity contribution in [2.45, 2.75) is 6.54 Å². The van der Waals surface area contributed by atoms with Crippen LogP contribution in [0.5, 0.6) is 11.5 Å². The van der Waals surface area contributed by atoms with E-state index in [9.17, 15) is 0 Å². The Morgan fingerprint density at radius 1 is 1.06 bits per heavy atom. The van der Waals surface area contributed by atoms with Crippen LogP contribution in [0.25, 0.3) is 0 Å². The normalized spacial score (nSPS) is 10.3. The summed E-state index contributed by atoms with van der Waals surface area (Å²) in [6.07, 6.45) is 0. The Hall–Kier alpha value is -1.22. The minimum Gasteiger partial charge on any atom is -0.455 e. The maximum atomic E-state index is 6.08. The lowest BCUT2D eigenvalue weighted by Gasteiger charge is -2.11. The van der Waals surface area contributed by atoms with Crippen molar-refractivity contribution in [3.05, 3.63) is 58.1 Å². The van der Waals surface area contributed by atoms with Crippen LogP contribution in [0.2, 0.25) is 10.0 Å². The first kappa shape index (κ1) is 12.2. The molecule has 0 atom stereocenters. The summed E-state index contributed by atoms with van der Waals surface area (Å²) < 4.78 is 5.72. The van der Waals surface area contributed by atoms with Crippen molar-refractivity contribution in [1.29, 1.82) is 0 Å². The molecule has 0 saturated heterocycles. The van der Waals surface area contributed by atoms with Crippen molar-refractivity contribution < 1.29 is 4.74 Å². The van der Waals surface area contributed by atoms with E-state index in [1.165, 1.54) is 0 Å². The largest absolute Gasteiger partial charge is 0.455 e. The molecule has 0 fully saturated rings. The molecule has 0 aliphatic carbocycles. The average Bonchev–Trinajstić information content (AvgIpc) is 2.32. The van der Waals surface area contributed by atoms with Crippen LogP contribution in [0.4, 0.5) is 0 Å². The minimum atomic E-state index is 0.371. The fraction of sp³-hybridized carbons (Fsp3) is 0.0769. The molecule has 2 nitrogen and oxygen atoms in total. The van der Waals surface area contributed by atoms with E-state index in [2.05, 4.69) is 0 Å². The van der Waals surface area contributed by atoms with E-state index in [4.69, 9.17) is 33.7 Å². The van der Waals surface area contributed by atoms with Crippen molar-refractivity contribution in [3.63, 3.8) is 0 Å². The van der Waals surface area contributed by atoms with Crippen LogP contribution in [-0.2, 0) is 6.54 Å². The number of nitrogens with two attached hydrogens (primary N) is 1. The quantitative estimate of drug-likeness (QED) is 0.903. The molecule has 0 heterocycles. The van der Waals surface area contributed by atoms with Gasteiger partial charge in [0.05, 0.1) is 5.02 Å². The molecule has 2 N–H and O–H groups in total. The number of rotatable bonds is 3. The highest BCUT2D eigenvalue weighted by atomic mass is 35.5. The molecule has 0 radical (unpaired) electrons. The maximum Gasteiger partial charge on any atom is 0.150 e. The van der Waals surface area contributed by atoms with Crippen LogP contribution in [0.1, 0.15) is 5.56 Å². The summed E-state index contributed by atoms with van der Waals surface area (Å²) in [5, 5.41) is 1.15. The van der Waals surface area contributed by atoms with Crippen molar-refractivity contribution in [2.75, 3.05) is 0 Å². The molecule has 0 bridgehead atoms. The lowest BCUT2D eigenvalue weighted by molar-refractivity contribution is 0.476. The molecule has 2 aromatic rings. The topological polar surface area (TPSA) is 35.2 Å². The van der Waals surface area contributed by atoms with Gasteiger partial charge in [-0.1, -0.05) is 41.4 Å². The SMILES string of the molecule is NCc1cccc(Cl)c1Oc1cccc(Cl)c1. The van der Waals surface area contributed by atoms with Crippen molar-refractivity contribution in [3.8, 4) is 11.5 Å². The highest BCUT2D eigenvalue weighted by Gasteiger charge is 2.08. The van der Waals surface area contributed by atoms with Crippen molar-refractivity contribution in [2.24, 2.45) is 5.73 Å². The van der Waals surface area contributed by atoms with Gasteiger partial charge < -0.3 is 10.5 Å². The molecule has 2 rings (SSSR count). The lowest BCUT2D eigenvalue weighted by Crippen LogP contribution is -1.99. The second kappa shape index (κ2) is 5.41. The Balaban J connectivity index is 2.35. The molecular weight excluding hydrogens is 257 g/mol. The number of para-hydroxylation sites is 1.